The predicted molar refractivity (Wildman–Crippen MR) is 68.4 cm³/mol. The highest BCUT2D eigenvalue weighted by atomic mass is 19.1. The summed E-state index contributed by atoms with van der Waals surface area (Å²) in [6, 6.07) is 6.70. The number of hydrogen-bond acceptors (Lipinski definition) is 2. The van der Waals surface area contributed by atoms with Crippen molar-refractivity contribution < 1.29 is 4.39 Å². The molecule has 3 heteroatoms. The van der Waals surface area contributed by atoms with E-state index >= 15 is 0 Å². The van der Waals surface area contributed by atoms with Crippen LogP contribution in [0.2, 0.25) is 0 Å². The largest absolute Gasteiger partial charge is 0.313 e. The highest BCUT2D eigenvalue weighted by Gasteiger charge is 2.09. The average Bonchev–Trinajstić information content (AvgIpc) is 2.84. The van der Waals surface area contributed by atoms with Crippen LogP contribution in [-0.2, 0) is 6.54 Å². The standard InChI is InChI=1S/C14H21FN2/c15-14-6-4-13(5-7-14)12-16-8-3-11-17-9-1-2-10-17/h4-7,16H,1-3,8-12H2. The molecule has 2 nitrogen and oxygen atoms in total. The van der Waals surface area contributed by atoms with Gasteiger partial charge in [-0.3, -0.25) is 0 Å². The fourth-order valence-electron chi connectivity index (χ4n) is 2.27. The summed E-state index contributed by atoms with van der Waals surface area (Å²) in [7, 11) is 0. The molecule has 0 aliphatic carbocycles. The van der Waals surface area contributed by atoms with E-state index < -0.39 is 0 Å². The zero-order chi connectivity index (χ0) is 11.9. The second-order valence-electron chi connectivity index (χ2n) is 4.71. The Morgan fingerprint density at radius 2 is 1.82 bits per heavy atom. The molecular weight excluding hydrogens is 215 g/mol. The topological polar surface area (TPSA) is 15.3 Å². The molecule has 1 fully saturated rings. The lowest BCUT2D eigenvalue weighted by atomic mass is 10.2. The molecule has 1 saturated heterocycles. The molecule has 1 aliphatic rings. The van der Waals surface area contributed by atoms with E-state index in [1.165, 1.54) is 51.0 Å². The summed E-state index contributed by atoms with van der Waals surface area (Å²) in [6.07, 6.45) is 3.92. The van der Waals surface area contributed by atoms with Gasteiger partial charge >= 0.3 is 0 Å². The van der Waals surface area contributed by atoms with E-state index in [1.807, 2.05) is 12.1 Å². The number of nitrogens with one attached hydrogen (secondary N) is 1. The molecule has 1 aliphatic heterocycles. The fraction of sp³-hybridized carbons (Fsp3) is 0.571. The zero-order valence-electron chi connectivity index (χ0n) is 10.3. The average molecular weight is 236 g/mol. The van der Waals surface area contributed by atoms with Gasteiger partial charge in [-0.1, -0.05) is 12.1 Å². The number of halogens is 1. The Labute approximate surface area is 103 Å². The normalized spacial score (nSPS) is 16.5. The second-order valence-corrected chi connectivity index (χ2v) is 4.71. The van der Waals surface area contributed by atoms with E-state index in [-0.39, 0.29) is 5.82 Å². The van der Waals surface area contributed by atoms with Crippen LogP contribution < -0.4 is 5.32 Å². The first-order valence-corrected chi connectivity index (χ1v) is 6.52. The third kappa shape index (κ3) is 4.44. The third-order valence-corrected chi connectivity index (χ3v) is 3.27. The summed E-state index contributed by atoms with van der Waals surface area (Å²) in [4.78, 5) is 2.53. The second kappa shape index (κ2) is 6.72. The SMILES string of the molecule is Fc1ccc(CNCCCN2CCCC2)cc1. The van der Waals surface area contributed by atoms with E-state index in [9.17, 15) is 4.39 Å². The molecule has 0 saturated carbocycles. The zero-order valence-corrected chi connectivity index (χ0v) is 10.3. The van der Waals surface area contributed by atoms with Gasteiger partial charge in [-0.25, -0.2) is 4.39 Å². The van der Waals surface area contributed by atoms with Gasteiger partial charge in [-0.15, -0.1) is 0 Å². The van der Waals surface area contributed by atoms with E-state index in [1.54, 1.807) is 0 Å². The molecule has 0 aromatic heterocycles. The molecule has 1 N–H and O–H groups in total. The van der Waals surface area contributed by atoms with Crippen molar-refractivity contribution in [3.05, 3.63) is 35.6 Å². The van der Waals surface area contributed by atoms with Crippen molar-refractivity contribution in [2.24, 2.45) is 0 Å². The maximum atomic E-state index is 12.7. The summed E-state index contributed by atoms with van der Waals surface area (Å²) in [5, 5.41) is 3.40. The van der Waals surface area contributed by atoms with E-state index in [2.05, 4.69) is 10.2 Å². The Morgan fingerprint density at radius 3 is 2.53 bits per heavy atom. The first-order valence-electron chi connectivity index (χ1n) is 6.52. The molecular formula is C14H21FN2. The fourth-order valence-corrected chi connectivity index (χ4v) is 2.27. The van der Waals surface area contributed by atoms with Crippen molar-refractivity contribution in [3.63, 3.8) is 0 Å². The van der Waals surface area contributed by atoms with Crippen molar-refractivity contribution in [1.82, 2.24) is 10.2 Å². The first-order chi connectivity index (χ1) is 8.34. The number of likely N-dealkylation sites (tertiary alicyclic amines) is 1. The summed E-state index contributed by atoms with van der Waals surface area (Å²) in [6.45, 7) is 5.63. The molecule has 17 heavy (non-hydrogen) atoms. The van der Waals surface area contributed by atoms with Crippen molar-refractivity contribution in [2.75, 3.05) is 26.2 Å². The smallest absolute Gasteiger partial charge is 0.123 e. The van der Waals surface area contributed by atoms with Crippen LogP contribution in [0.1, 0.15) is 24.8 Å². The van der Waals surface area contributed by atoms with Crippen LogP contribution in [0.3, 0.4) is 0 Å². The van der Waals surface area contributed by atoms with Crippen LogP contribution in [-0.4, -0.2) is 31.1 Å². The molecule has 0 bridgehead atoms. The highest BCUT2D eigenvalue weighted by molar-refractivity contribution is 5.15. The van der Waals surface area contributed by atoms with Gasteiger partial charge in [0.15, 0.2) is 0 Å². The number of hydrogen-bond donors (Lipinski definition) is 1. The number of nitrogens with zero attached hydrogens (tertiary/aromatic N) is 1. The molecule has 0 unspecified atom stereocenters. The maximum absolute atomic E-state index is 12.7. The lowest BCUT2D eigenvalue weighted by Gasteiger charge is -2.14. The van der Waals surface area contributed by atoms with Gasteiger partial charge in [-0.2, -0.15) is 0 Å². The summed E-state index contributed by atoms with van der Waals surface area (Å²) >= 11 is 0. The first kappa shape index (κ1) is 12.5. The van der Waals surface area contributed by atoms with Crippen molar-refractivity contribution in [3.8, 4) is 0 Å². The van der Waals surface area contributed by atoms with Crippen molar-refractivity contribution in [2.45, 2.75) is 25.8 Å². The van der Waals surface area contributed by atoms with Crippen molar-refractivity contribution >= 4 is 0 Å². The van der Waals surface area contributed by atoms with E-state index in [0.29, 0.717) is 0 Å². The Hall–Kier alpha value is -0.930. The van der Waals surface area contributed by atoms with Gasteiger partial charge in [0.1, 0.15) is 5.82 Å². The van der Waals surface area contributed by atoms with Gasteiger partial charge < -0.3 is 10.2 Å². The van der Waals surface area contributed by atoms with Crippen LogP contribution in [0.5, 0.6) is 0 Å². The molecule has 1 aromatic carbocycles. The number of rotatable bonds is 6. The third-order valence-electron chi connectivity index (χ3n) is 3.27. The summed E-state index contributed by atoms with van der Waals surface area (Å²) < 4.78 is 12.7. The van der Waals surface area contributed by atoms with Gasteiger partial charge in [0.25, 0.3) is 0 Å². The van der Waals surface area contributed by atoms with E-state index in [0.717, 1.165) is 18.7 Å². The summed E-state index contributed by atoms with van der Waals surface area (Å²) in [5.74, 6) is -0.164. The Morgan fingerprint density at radius 1 is 1.12 bits per heavy atom. The lowest BCUT2D eigenvalue weighted by Crippen LogP contribution is -2.24. The molecule has 1 heterocycles. The number of benzene rings is 1. The predicted octanol–water partition coefficient (Wildman–Crippen LogP) is 2.40. The monoisotopic (exact) mass is 236 g/mol. The Balaban J connectivity index is 1.55. The minimum atomic E-state index is -0.164. The van der Waals surface area contributed by atoms with E-state index in [4.69, 9.17) is 0 Å². The van der Waals surface area contributed by atoms with Gasteiger partial charge in [0.2, 0.25) is 0 Å². The maximum Gasteiger partial charge on any atom is 0.123 e. The Bertz CT molecular complexity index is 317. The molecule has 0 radical (unpaired) electrons. The molecule has 0 amide bonds. The highest BCUT2D eigenvalue weighted by Crippen LogP contribution is 2.07. The minimum Gasteiger partial charge on any atom is -0.313 e. The van der Waals surface area contributed by atoms with Crippen LogP contribution in [0.4, 0.5) is 4.39 Å². The van der Waals surface area contributed by atoms with Crippen LogP contribution >= 0.6 is 0 Å². The molecule has 0 atom stereocenters. The van der Waals surface area contributed by atoms with Crippen LogP contribution in [0.25, 0.3) is 0 Å². The van der Waals surface area contributed by atoms with Crippen molar-refractivity contribution in [1.29, 1.82) is 0 Å². The van der Waals surface area contributed by atoms with Crippen LogP contribution in [0, 0.1) is 5.82 Å². The quantitative estimate of drug-likeness (QED) is 0.763. The molecule has 1 aromatic rings. The Kier molecular flexibility index (Phi) is 4.95. The molecule has 94 valence electrons. The van der Waals surface area contributed by atoms with Gasteiger partial charge in [-0.05, 0) is 63.1 Å². The van der Waals surface area contributed by atoms with Gasteiger partial charge in [0, 0.05) is 6.54 Å². The minimum absolute atomic E-state index is 0.164. The molecule has 0 spiro atoms. The summed E-state index contributed by atoms with van der Waals surface area (Å²) in [5.41, 5.74) is 1.15. The van der Waals surface area contributed by atoms with Gasteiger partial charge in [0.05, 0.1) is 0 Å². The van der Waals surface area contributed by atoms with Crippen LogP contribution in [0.15, 0.2) is 24.3 Å². The molecule has 2 rings (SSSR count). The lowest BCUT2D eigenvalue weighted by molar-refractivity contribution is 0.331.